The van der Waals surface area contributed by atoms with Gasteiger partial charge in [-0.3, -0.25) is 4.79 Å². The largest absolute Gasteiger partial charge is 0.383 e. The maximum Gasteiger partial charge on any atom is 0.241 e. The molecule has 0 heterocycles. The van der Waals surface area contributed by atoms with Crippen LogP contribution in [0.5, 0.6) is 0 Å². The summed E-state index contributed by atoms with van der Waals surface area (Å²) in [6.45, 7) is 2.64. The van der Waals surface area contributed by atoms with Crippen molar-refractivity contribution in [3.8, 4) is 0 Å². The van der Waals surface area contributed by atoms with Gasteiger partial charge in [0.25, 0.3) is 0 Å². The van der Waals surface area contributed by atoms with Crippen LogP contribution >= 0.6 is 0 Å². The number of nitrogens with one attached hydrogen (secondary N) is 1. The Morgan fingerprint density at radius 2 is 1.95 bits per heavy atom. The van der Waals surface area contributed by atoms with Crippen molar-refractivity contribution in [2.24, 2.45) is 0 Å². The molecule has 1 aromatic rings. The third-order valence-electron chi connectivity index (χ3n) is 3.07. The molecule has 0 bridgehead atoms. The highest BCUT2D eigenvalue weighted by molar-refractivity contribution is 5.81. The van der Waals surface area contributed by atoms with Gasteiger partial charge in [0.05, 0.1) is 13.2 Å². The summed E-state index contributed by atoms with van der Waals surface area (Å²) in [5.74, 6) is 0.0923. The summed E-state index contributed by atoms with van der Waals surface area (Å²) >= 11 is 0. The van der Waals surface area contributed by atoms with Crippen LogP contribution in [0.3, 0.4) is 0 Å². The lowest BCUT2D eigenvalue weighted by atomic mass is 10.1. The number of benzene rings is 1. The molecule has 5 nitrogen and oxygen atoms in total. The topological polar surface area (TPSA) is 44.8 Å². The van der Waals surface area contributed by atoms with Crippen LogP contribution in [0.2, 0.25) is 0 Å². The van der Waals surface area contributed by atoms with E-state index in [0.717, 1.165) is 18.8 Å². The lowest BCUT2D eigenvalue weighted by Crippen LogP contribution is -2.35. The van der Waals surface area contributed by atoms with Gasteiger partial charge >= 0.3 is 0 Å². The van der Waals surface area contributed by atoms with E-state index in [4.69, 9.17) is 4.74 Å². The summed E-state index contributed by atoms with van der Waals surface area (Å²) in [6, 6.07) is 8.12. The fraction of sp³-hybridized carbons (Fsp3) is 0.533. The van der Waals surface area contributed by atoms with Crippen LogP contribution in [-0.2, 0) is 16.1 Å². The molecule has 0 aliphatic carbocycles. The van der Waals surface area contributed by atoms with Crippen LogP contribution in [0.25, 0.3) is 0 Å². The first-order valence-electron chi connectivity index (χ1n) is 6.75. The fourth-order valence-corrected chi connectivity index (χ4v) is 1.86. The first-order valence-corrected chi connectivity index (χ1v) is 6.75. The lowest BCUT2D eigenvalue weighted by molar-refractivity contribution is -0.127. The number of hydrogen-bond acceptors (Lipinski definition) is 4. The zero-order valence-electron chi connectivity index (χ0n) is 12.8. The Balaban J connectivity index is 2.66. The molecule has 0 unspecified atom stereocenters. The summed E-state index contributed by atoms with van der Waals surface area (Å²) in [4.78, 5) is 15.4. The minimum absolute atomic E-state index is 0.0923. The van der Waals surface area contributed by atoms with Gasteiger partial charge in [-0.05, 0) is 11.6 Å². The Kier molecular flexibility index (Phi) is 7.04. The highest BCUT2D eigenvalue weighted by atomic mass is 16.5. The zero-order chi connectivity index (χ0) is 15.0. The summed E-state index contributed by atoms with van der Waals surface area (Å²) in [5, 5.41) is 3.33. The van der Waals surface area contributed by atoms with E-state index in [1.165, 1.54) is 5.56 Å². The smallest absolute Gasteiger partial charge is 0.241 e. The van der Waals surface area contributed by atoms with Crippen molar-refractivity contribution in [3.63, 3.8) is 0 Å². The Morgan fingerprint density at radius 1 is 1.25 bits per heavy atom. The molecule has 1 rings (SSSR count). The van der Waals surface area contributed by atoms with Crippen molar-refractivity contribution < 1.29 is 9.53 Å². The molecule has 0 saturated carbocycles. The molecule has 0 spiro atoms. The monoisotopic (exact) mass is 279 g/mol. The van der Waals surface area contributed by atoms with Gasteiger partial charge < -0.3 is 19.9 Å². The molecular weight excluding hydrogens is 254 g/mol. The second kappa shape index (κ2) is 8.55. The van der Waals surface area contributed by atoms with Gasteiger partial charge in [0.1, 0.15) is 0 Å². The maximum atomic E-state index is 11.8. The van der Waals surface area contributed by atoms with Crippen LogP contribution < -0.4 is 10.2 Å². The minimum atomic E-state index is 0.0923. The molecule has 20 heavy (non-hydrogen) atoms. The van der Waals surface area contributed by atoms with Gasteiger partial charge in [0.15, 0.2) is 0 Å². The van der Waals surface area contributed by atoms with Gasteiger partial charge in [-0.25, -0.2) is 0 Å². The number of carbonyl (C=O) groups is 1. The van der Waals surface area contributed by atoms with Gasteiger partial charge in [0, 0.05) is 47.0 Å². The molecule has 0 aromatic heterocycles. The van der Waals surface area contributed by atoms with E-state index in [-0.39, 0.29) is 5.91 Å². The van der Waals surface area contributed by atoms with E-state index in [1.807, 2.05) is 30.1 Å². The number of methoxy groups -OCH3 is 1. The molecule has 1 aromatic carbocycles. The Morgan fingerprint density at radius 3 is 2.60 bits per heavy atom. The summed E-state index contributed by atoms with van der Waals surface area (Å²) < 4.78 is 5.01. The average Bonchev–Trinajstić information content (AvgIpc) is 2.43. The molecule has 5 heteroatoms. The summed E-state index contributed by atoms with van der Waals surface area (Å²) in [5.41, 5.74) is 2.25. The maximum absolute atomic E-state index is 11.8. The number of anilines is 1. The van der Waals surface area contributed by atoms with Crippen molar-refractivity contribution in [2.75, 3.05) is 52.8 Å². The molecule has 112 valence electrons. The quantitative estimate of drug-likeness (QED) is 0.720. The molecule has 1 amide bonds. The van der Waals surface area contributed by atoms with Crippen molar-refractivity contribution in [1.82, 2.24) is 10.2 Å². The highest BCUT2D eigenvalue weighted by Gasteiger charge is 2.11. The van der Waals surface area contributed by atoms with Crippen LogP contribution in [0.4, 0.5) is 5.69 Å². The molecule has 0 atom stereocenters. The van der Waals surface area contributed by atoms with Crippen molar-refractivity contribution in [2.45, 2.75) is 6.54 Å². The minimum Gasteiger partial charge on any atom is -0.383 e. The van der Waals surface area contributed by atoms with Crippen molar-refractivity contribution >= 4 is 11.6 Å². The van der Waals surface area contributed by atoms with Crippen molar-refractivity contribution in [1.29, 1.82) is 0 Å². The van der Waals surface area contributed by atoms with Gasteiger partial charge in [-0.15, -0.1) is 0 Å². The summed E-state index contributed by atoms with van der Waals surface area (Å²) in [6.07, 6.45) is 0. The lowest BCUT2D eigenvalue weighted by Gasteiger charge is -2.23. The van der Waals surface area contributed by atoms with E-state index in [0.29, 0.717) is 13.2 Å². The first-order chi connectivity index (χ1) is 9.56. The molecule has 0 aliphatic heterocycles. The van der Waals surface area contributed by atoms with Crippen LogP contribution in [0.1, 0.15) is 5.56 Å². The zero-order valence-corrected chi connectivity index (χ0v) is 12.8. The van der Waals surface area contributed by atoms with E-state index >= 15 is 0 Å². The normalized spacial score (nSPS) is 10.4. The van der Waals surface area contributed by atoms with E-state index in [1.54, 1.807) is 26.1 Å². The number of amides is 1. The molecule has 0 saturated heterocycles. The average molecular weight is 279 g/mol. The SMILES string of the molecule is COCCNCc1ccccc1N(C)CC(=O)N(C)C. The number of ether oxygens (including phenoxy) is 1. The summed E-state index contributed by atoms with van der Waals surface area (Å²) in [7, 11) is 7.18. The number of nitrogens with zero attached hydrogens (tertiary/aromatic N) is 2. The predicted molar refractivity (Wildman–Crippen MR) is 82.0 cm³/mol. The Hall–Kier alpha value is -1.59. The molecular formula is C15H25N3O2. The number of carbonyl (C=O) groups excluding carboxylic acids is 1. The fourth-order valence-electron chi connectivity index (χ4n) is 1.86. The predicted octanol–water partition coefficient (Wildman–Crippen LogP) is 0.947. The number of likely N-dealkylation sites (N-methyl/N-ethyl adjacent to an activating group) is 2. The van der Waals surface area contributed by atoms with Gasteiger partial charge in [0.2, 0.25) is 5.91 Å². The molecule has 1 N–H and O–H groups in total. The molecule has 0 aliphatic rings. The number of rotatable bonds is 8. The second-order valence-corrected chi connectivity index (χ2v) is 4.94. The number of para-hydroxylation sites is 1. The van der Waals surface area contributed by atoms with E-state index < -0.39 is 0 Å². The Bertz CT molecular complexity index is 421. The Labute approximate surface area is 121 Å². The molecule has 0 radical (unpaired) electrons. The van der Waals surface area contributed by atoms with Crippen LogP contribution in [-0.4, -0.2) is 58.8 Å². The third-order valence-corrected chi connectivity index (χ3v) is 3.07. The van der Waals surface area contributed by atoms with Crippen molar-refractivity contribution in [3.05, 3.63) is 29.8 Å². The van der Waals surface area contributed by atoms with Gasteiger partial charge in [-0.2, -0.15) is 0 Å². The van der Waals surface area contributed by atoms with Gasteiger partial charge in [-0.1, -0.05) is 18.2 Å². The number of hydrogen-bond donors (Lipinski definition) is 1. The highest BCUT2D eigenvalue weighted by Crippen LogP contribution is 2.18. The van der Waals surface area contributed by atoms with Crippen LogP contribution in [0, 0.1) is 0 Å². The van der Waals surface area contributed by atoms with E-state index in [2.05, 4.69) is 11.4 Å². The second-order valence-electron chi connectivity index (χ2n) is 4.94. The van der Waals surface area contributed by atoms with E-state index in [9.17, 15) is 4.79 Å². The first kappa shape index (κ1) is 16.5. The standard InChI is InChI=1S/C15H25N3O2/c1-17(2)15(19)12-18(3)14-8-6-5-7-13(14)11-16-9-10-20-4/h5-8,16H,9-12H2,1-4H3. The molecule has 0 fully saturated rings. The third kappa shape index (κ3) is 5.19. The van der Waals surface area contributed by atoms with Crippen LogP contribution in [0.15, 0.2) is 24.3 Å².